The minimum atomic E-state index is -0.0912. The Morgan fingerprint density at radius 2 is 1.87 bits per heavy atom. The molecule has 8 heteroatoms. The van der Waals surface area contributed by atoms with Crippen LogP contribution in [0.3, 0.4) is 0 Å². The van der Waals surface area contributed by atoms with Crippen LogP contribution in [0.5, 0.6) is 11.5 Å². The summed E-state index contributed by atoms with van der Waals surface area (Å²) in [6.07, 6.45) is 2.55. The van der Waals surface area contributed by atoms with E-state index in [-0.39, 0.29) is 41.6 Å². The van der Waals surface area contributed by atoms with Gasteiger partial charge in [0, 0.05) is 38.7 Å². The minimum absolute atomic E-state index is 0. The van der Waals surface area contributed by atoms with E-state index < -0.39 is 0 Å². The zero-order chi connectivity index (χ0) is 20.3. The smallest absolute Gasteiger partial charge is 0.193 e. The summed E-state index contributed by atoms with van der Waals surface area (Å²) in [5, 5.41) is 3.58. The number of guanidine groups is 1. The molecule has 0 aliphatic carbocycles. The second-order valence-electron chi connectivity index (χ2n) is 8.55. The molecule has 4 rings (SSSR count). The molecule has 0 bridgehead atoms. The standard InChI is InChI=1S/C22H33N3O4.HI/c1-22(2,16-6-7-18-19(13-16)29-12-11-28-18)15-24-21(23-3)25-8-10-27-20(14-25)17-5-4-9-26-17;/h6-7,13,17,20H,4-5,8-12,14-15H2,1-3H3,(H,23,24);1H. The van der Waals surface area contributed by atoms with Crippen LogP contribution in [-0.4, -0.2) is 76.2 Å². The van der Waals surface area contributed by atoms with Crippen molar-refractivity contribution in [3.63, 3.8) is 0 Å². The largest absolute Gasteiger partial charge is 0.486 e. The van der Waals surface area contributed by atoms with Gasteiger partial charge in [-0.25, -0.2) is 0 Å². The fourth-order valence-corrected chi connectivity index (χ4v) is 4.19. The van der Waals surface area contributed by atoms with E-state index in [1.165, 1.54) is 5.56 Å². The molecule has 2 unspecified atom stereocenters. The van der Waals surface area contributed by atoms with Crippen LogP contribution in [0.15, 0.2) is 23.2 Å². The minimum Gasteiger partial charge on any atom is -0.486 e. The fraction of sp³-hybridized carbons (Fsp3) is 0.682. The Morgan fingerprint density at radius 1 is 1.10 bits per heavy atom. The molecule has 7 nitrogen and oxygen atoms in total. The Kier molecular flexibility index (Phi) is 8.09. The lowest BCUT2D eigenvalue weighted by molar-refractivity contribution is -0.0817. The van der Waals surface area contributed by atoms with Gasteiger partial charge in [0.2, 0.25) is 0 Å². The normalized spacial score (nSPS) is 24.4. The van der Waals surface area contributed by atoms with Crippen LogP contribution in [0.25, 0.3) is 0 Å². The summed E-state index contributed by atoms with van der Waals surface area (Å²) in [7, 11) is 1.84. The van der Waals surface area contributed by atoms with Crippen molar-refractivity contribution >= 4 is 29.9 Å². The maximum absolute atomic E-state index is 5.98. The number of nitrogens with zero attached hydrogens (tertiary/aromatic N) is 2. The highest BCUT2D eigenvalue weighted by Gasteiger charge is 2.33. The predicted molar refractivity (Wildman–Crippen MR) is 128 cm³/mol. The molecule has 30 heavy (non-hydrogen) atoms. The van der Waals surface area contributed by atoms with Crippen molar-refractivity contribution in [2.75, 3.05) is 53.1 Å². The number of nitrogens with one attached hydrogen (secondary N) is 1. The van der Waals surface area contributed by atoms with Gasteiger partial charge in [-0.15, -0.1) is 24.0 Å². The van der Waals surface area contributed by atoms with Crippen molar-refractivity contribution in [3.8, 4) is 11.5 Å². The van der Waals surface area contributed by atoms with Gasteiger partial charge in [0.25, 0.3) is 0 Å². The topological polar surface area (TPSA) is 64.6 Å². The van der Waals surface area contributed by atoms with E-state index in [2.05, 4.69) is 41.2 Å². The Bertz CT molecular complexity index is 737. The van der Waals surface area contributed by atoms with Crippen molar-refractivity contribution in [3.05, 3.63) is 23.8 Å². The van der Waals surface area contributed by atoms with Crippen LogP contribution in [0, 0.1) is 0 Å². The quantitative estimate of drug-likeness (QED) is 0.367. The number of benzene rings is 1. The monoisotopic (exact) mass is 531 g/mol. The lowest BCUT2D eigenvalue weighted by Crippen LogP contribution is -2.54. The Balaban J connectivity index is 0.00000256. The number of hydrogen-bond donors (Lipinski definition) is 1. The van der Waals surface area contributed by atoms with Gasteiger partial charge in [0.1, 0.15) is 19.3 Å². The molecule has 1 aromatic carbocycles. The van der Waals surface area contributed by atoms with Crippen LogP contribution in [0.4, 0.5) is 0 Å². The molecule has 3 aliphatic heterocycles. The maximum Gasteiger partial charge on any atom is 0.193 e. The van der Waals surface area contributed by atoms with Crippen LogP contribution < -0.4 is 14.8 Å². The molecule has 0 spiro atoms. The van der Waals surface area contributed by atoms with Gasteiger partial charge >= 0.3 is 0 Å². The molecule has 2 fully saturated rings. The zero-order valence-corrected chi connectivity index (χ0v) is 20.5. The van der Waals surface area contributed by atoms with Crippen molar-refractivity contribution in [1.29, 1.82) is 0 Å². The third-order valence-corrected chi connectivity index (χ3v) is 6.00. The average Bonchev–Trinajstić information content (AvgIpc) is 3.29. The summed E-state index contributed by atoms with van der Waals surface area (Å²) >= 11 is 0. The molecule has 0 aromatic heterocycles. The molecule has 0 saturated carbocycles. The van der Waals surface area contributed by atoms with Crippen LogP contribution in [0.1, 0.15) is 32.3 Å². The summed E-state index contributed by atoms with van der Waals surface area (Å²) in [4.78, 5) is 6.82. The number of morpholine rings is 1. The van der Waals surface area contributed by atoms with Crippen LogP contribution in [0.2, 0.25) is 0 Å². The number of fused-ring (bicyclic) bond motifs is 1. The highest BCUT2D eigenvalue weighted by atomic mass is 127. The molecule has 0 radical (unpaired) electrons. The van der Waals surface area contributed by atoms with Gasteiger partial charge in [-0.3, -0.25) is 4.99 Å². The first-order chi connectivity index (χ1) is 14.1. The van der Waals surface area contributed by atoms with Gasteiger partial charge in [-0.2, -0.15) is 0 Å². The molecule has 2 saturated heterocycles. The second kappa shape index (κ2) is 10.4. The maximum atomic E-state index is 5.98. The van der Waals surface area contributed by atoms with Crippen molar-refractivity contribution in [2.24, 2.45) is 4.99 Å². The number of aliphatic imine (C=N–C) groups is 1. The third kappa shape index (κ3) is 5.31. The van der Waals surface area contributed by atoms with E-state index in [0.29, 0.717) is 19.8 Å². The molecule has 168 valence electrons. The van der Waals surface area contributed by atoms with Gasteiger partial charge < -0.3 is 29.2 Å². The third-order valence-electron chi connectivity index (χ3n) is 6.00. The van der Waals surface area contributed by atoms with E-state index >= 15 is 0 Å². The Morgan fingerprint density at radius 3 is 2.60 bits per heavy atom. The summed E-state index contributed by atoms with van der Waals surface area (Å²) in [6.45, 7) is 9.65. The number of ether oxygens (including phenoxy) is 4. The van der Waals surface area contributed by atoms with Crippen LogP contribution in [-0.2, 0) is 14.9 Å². The summed E-state index contributed by atoms with van der Waals surface area (Å²) in [5.74, 6) is 2.58. The number of hydrogen-bond acceptors (Lipinski definition) is 5. The molecule has 1 N–H and O–H groups in total. The molecule has 3 aliphatic rings. The molecule has 3 heterocycles. The average molecular weight is 531 g/mol. The van der Waals surface area contributed by atoms with Crippen molar-refractivity contribution < 1.29 is 18.9 Å². The van der Waals surface area contributed by atoms with Gasteiger partial charge in [0.15, 0.2) is 17.5 Å². The lowest BCUT2D eigenvalue weighted by atomic mass is 9.84. The van der Waals surface area contributed by atoms with Gasteiger partial charge in [-0.1, -0.05) is 19.9 Å². The SMILES string of the molecule is CN=C(NCC(C)(C)c1ccc2c(c1)OCCO2)N1CCOC(C2CCCO2)C1.I. The highest BCUT2D eigenvalue weighted by molar-refractivity contribution is 14.0. The summed E-state index contributed by atoms with van der Waals surface area (Å²) < 4.78 is 23.2. The Hall–Kier alpha value is -1.26. The highest BCUT2D eigenvalue weighted by Crippen LogP contribution is 2.35. The van der Waals surface area contributed by atoms with E-state index in [1.54, 1.807) is 0 Å². The molecule has 1 aromatic rings. The van der Waals surface area contributed by atoms with Crippen molar-refractivity contribution in [1.82, 2.24) is 10.2 Å². The first kappa shape index (κ1) is 23.4. The van der Waals surface area contributed by atoms with Gasteiger partial charge in [-0.05, 0) is 30.5 Å². The van der Waals surface area contributed by atoms with E-state index in [9.17, 15) is 0 Å². The summed E-state index contributed by atoms with van der Waals surface area (Å²) in [6, 6.07) is 6.23. The van der Waals surface area contributed by atoms with E-state index in [1.807, 2.05) is 13.1 Å². The first-order valence-corrected chi connectivity index (χ1v) is 10.7. The number of rotatable bonds is 4. The molecule has 0 amide bonds. The van der Waals surface area contributed by atoms with E-state index in [0.717, 1.165) is 56.5 Å². The predicted octanol–water partition coefficient (Wildman–Crippen LogP) is 2.81. The fourth-order valence-electron chi connectivity index (χ4n) is 4.19. The van der Waals surface area contributed by atoms with Gasteiger partial charge in [0.05, 0.1) is 12.7 Å². The molecular weight excluding hydrogens is 497 g/mol. The summed E-state index contributed by atoms with van der Waals surface area (Å²) in [5.41, 5.74) is 1.12. The Labute approximate surface area is 196 Å². The van der Waals surface area contributed by atoms with Crippen LogP contribution >= 0.6 is 24.0 Å². The lowest BCUT2D eigenvalue weighted by Gasteiger charge is -2.38. The first-order valence-electron chi connectivity index (χ1n) is 10.7. The van der Waals surface area contributed by atoms with E-state index in [4.69, 9.17) is 18.9 Å². The zero-order valence-electron chi connectivity index (χ0n) is 18.2. The molecular formula is C22H34IN3O4. The van der Waals surface area contributed by atoms with Crippen molar-refractivity contribution in [2.45, 2.75) is 44.3 Å². The molecule has 2 atom stereocenters. The second-order valence-corrected chi connectivity index (χ2v) is 8.55. The number of halogens is 1.